The Morgan fingerprint density at radius 2 is 1.65 bits per heavy atom. The van der Waals surface area contributed by atoms with E-state index in [1.165, 1.54) is 0 Å². The second-order valence-corrected chi connectivity index (χ2v) is 4.53. The molecule has 0 radical (unpaired) electrons. The Morgan fingerprint density at radius 3 is 2.15 bits per heavy atom. The maximum absolute atomic E-state index is 9.86. The highest BCUT2D eigenvalue weighted by molar-refractivity contribution is 5.85. The van der Waals surface area contributed by atoms with Crippen LogP contribution in [0.5, 0.6) is 5.75 Å². The molecule has 0 fully saturated rings. The number of rotatable bonds is 9. The molecule has 0 aliphatic heterocycles. The van der Waals surface area contributed by atoms with Gasteiger partial charge in [-0.25, -0.2) is 0 Å². The Balaban J connectivity index is 0.00000361. The number of halogens is 1. The van der Waals surface area contributed by atoms with Crippen LogP contribution >= 0.6 is 12.4 Å². The first kappa shape index (κ1) is 19.1. The van der Waals surface area contributed by atoms with Gasteiger partial charge in [-0.15, -0.1) is 12.4 Å². The number of ether oxygens (including phenoxy) is 1. The monoisotopic (exact) mass is 305 g/mol. The first-order valence-corrected chi connectivity index (χ1v) is 6.47. The molecule has 3 N–H and O–H groups in total. The topological polar surface area (TPSA) is 73.2 Å². The molecular weight excluding hydrogens is 282 g/mol. The van der Waals surface area contributed by atoms with Crippen LogP contribution < -0.4 is 4.74 Å². The minimum absolute atomic E-state index is 0. The molecule has 1 aromatic rings. The molecule has 1 unspecified atom stereocenters. The van der Waals surface area contributed by atoms with Crippen LogP contribution in [-0.4, -0.2) is 65.8 Å². The SMILES string of the molecule is Cc1ccc(OCC(O)CN(CCO)CCO)cc1.Cl. The predicted molar refractivity (Wildman–Crippen MR) is 80.5 cm³/mol. The molecule has 0 saturated heterocycles. The highest BCUT2D eigenvalue weighted by Gasteiger charge is 2.11. The van der Waals surface area contributed by atoms with Crippen molar-refractivity contribution in [3.63, 3.8) is 0 Å². The molecule has 20 heavy (non-hydrogen) atoms. The number of hydrogen-bond donors (Lipinski definition) is 3. The Kier molecular flexibility index (Phi) is 10.4. The van der Waals surface area contributed by atoms with Crippen LogP contribution in [0.4, 0.5) is 0 Å². The van der Waals surface area contributed by atoms with E-state index >= 15 is 0 Å². The quantitative estimate of drug-likeness (QED) is 0.617. The van der Waals surface area contributed by atoms with Crippen molar-refractivity contribution in [1.29, 1.82) is 0 Å². The minimum Gasteiger partial charge on any atom is -0.491 e. The summed E-state index contributed by atoms with van der Waals surface area (Å²) in [5, 5.41) is 27.6. The molecule has 0 amide bonds. The van der Waals surface area contributed by atoms with E-state index in [4.69, 9.17) is 14.9 Å². The van der Waals surface area contributed by atoms with Gasteiger partial charge in [-0.3, -0.25) is 4.90 Å². The van der Waals surface area contributed by atoms with Gasteiger partial charge in [0.25, 0.3) is 0 Å². The van der Waals surface area contributed by atoms with Crippen molar-refractivity contribution in [3.8, 4) is 5.75 Å². The molecule has 0 spiro atoms. The maximum Gasteiger partial charge on any atom is 0.119 e. The summed E-state index contributed by atoms with van der Waals surface area (Å²) in [5.41, 5.74) is 1.16. The van der Waals surface area contributed by atoms with E-state index in [0.717, 1.165) is 11.3 Å². The van der Waals surface area contributed by atoms with Gasteiger partial charge in [0.2, 0.25) is 0 Å². The third kappa shape index (κ3) is 7.67. The van der Waals surface area contributed by atoms with Crippen molar-refractivity contribution in [2.75, 3.05) is 39.5 Å². The van der Waals surface area contributed by atoms with Gasteiger partial charge in [0.05, 0.1) is 13.2 Å². The van der Waals surface area contributed by atoms with Crippen LogP contribution in [0, 0.1) is 6.92 Å². The predicted octanol–water partition coefficient (Wildman–Crippen LogP) is 0.443. The highest BCUT2D eigenvalue weighted by atomic mass is 35.5. The van der Waals surface area contributed by atoms with E-state index in [2.05, 4.69) is 0 Å². The first-order chi connectivity index (χ1) is 9.15. The first-order valence-electron chi connectivity index (χ1n) is 6.47. The fraction of sp³-hybridized carbons (Fsp3) is 0.571. The van der Waals surface area contributed by atoms with Gasteiger partial charge in [-0.2, -0.15) is 0 Å². The van der Waals surface area contributed by atoms with E-state index in [1.807, 2.05) is 31.2 Å². The number of aliphatic hydroxyl groups excluding tert-OH is 3. The minimum atomic E-state index is -0.653. The van der Waals surface area contributed by atoms with E-state index in [0.29, 0.717) is 19.6 Å². The lowest BCUT2D eigenvalue weighted by Crippen LogP contribution is -2.38. The molecule has 5 nitrogen and oxygen atoms in total. The highest BCUT2D eigenvalue weighted by Crippen LogP contribution is 2.11. The smallest absolute Gasteiger partial charge is 0.119 e. The molecule has 0 saturated carbocycles. The van der Waals surface area contributed by atoms with Gasteiger partial charge in [0.15, 0.2) is 0 Å². The van der Waals surface area contributed by atoms with E-state index < -0.39 is 6.10 Å². The molecular formula is C14H24ClNO4. The van der Waals surface area contributed by atoms with Crippen LogP contribution in [0.3, 0.4) is 0 Å². The number of aryl methyl sites for hydroxylation is 1. The number of nitrogens with zero attached hydrogens (tertiary/aromatic N) is 1. The molecule has 1 aromatic carbocycles. The average Bonchev–Trinajstić information content (AvgIpc) is 2.39. The van der Waals surface area contributed by atoms with Crippen LogP contribution in [0.1, 0.15) is 5.56 Å². The summed E-state index contributed by atoms with van der Waals surface area (Å²) in [5.74, 6) is 0.723. The normalized spacial score (nSPS) is 12.1. The average molecular weight is 306 g/mol. The van der Waals surface area contributed by atoms with Crippen LogP contribution in [0.15, 0.2) is 24.3 Å². The Labute approximate surface area is 126 Å². The fourth-order valence-electron chi connectivity index (χ4n) is 1.75. The second kappa shape index (κ2) is 10.9. The molecule has 0 aliphatic carbocycles. The molecule has 1 rings (SSSR count). The van der Waals surface area contributed by atoms with Crippen molar-refractivity contribution >= 4 is 12.4 Å². The lowest BCUT2D eigenvalue weighted by Gasteiger charge is -2.23. The summed E-state index contributed by atoms with van der Waals surface area (Å²) in [6, 6.07) is 7.62. The molecule has 1 atom stereocenters. The van der Waals surface area contributed by atoms with Gasteiger partial charge in [-0.1, -0.05) is 17.7 Å². The number of hydrogen-bond acceptors (Lipinski definition) is 5. The number of benzene rings is 1. The third-order valence-electron chi connectivity index (χ3n) is 2.76. The summed E-state index contributed by atoms with van der Waals surface area (Å²) < 4.78 is 5.48. The van der Waals surface area contributed by atoms with Gasteiger partial charge >= 0.3 is 0 Å². The second-order valence-electron chi connectivity index (χ2n) is 4.53. The van der Waals surface area contributed by atoms with Crippen LogP contribution in [-0.2, 0) is 0 Å². The van der Waals surface area contributed by atoms with E-state index in [9.17, 15) is 5.11 Å². The lowest BCUT2D eigenvalue weighted by atomic mass is 10.2. The molecule has 6 heteroatoms. The van der Waals surface area contributed by atoms with E-state index in [-0.39, 0.29) is 32.2 Å². The van der Waals surface area contributed by atoms with Crippen LogP contribution in [0.2, 0.25) is 0 Å². The van der Waals surface area contributed by atoms with Crippen molar-refractivity contribution in [2.24, 2.45) is 0 Å². The van der Waals surface area contributed by atoms with Crippen molar-refractivity contribution in [3.05, 3.63) is 29.8 Å². The van der Waals surface area contributed by atoms with Gasteiger partial charge in [0.1, 0.15) is 18.5 Å². The molecule has 0 aromatic heterocycles. The summed E-state index contributed by atoms with van der Waals surface area (Å²) >= 11 is 0. The standard InChI is InChI=1S/C14H23NO4.ClH/c1-12-2-4-14(5-3-12)19-11-13(18)10-15(6-8-16)7-9-17;/h2-5,13,16-18H,6-11H2,1H3;1H. The Hall–Kier alpha value is -0.850. The summed E-state index contributed by atoms with van der Waals surface area (Å²) in [7, 11) is 0. The summed E-state index contributed by atoms with van der Waals surface area (Å²) in [6.45, 7) is 3.44. The van der Waals surface area contributed by atoms with Crippen LogP contribution in [0.25, 0.3) is 0 Å². The van der Waals surface area contributed by atoms with Crippen molar-refractivity contribution in [1.82, 2.24) is 4.90 Å². The molecule has 0 heterocycles. The van der Waals surface area contributed by atoms with Gasteiger partial charge in [-0.05, 0) is 19.1 Å². The Bertz CT molecular complexity index is 342. The molecule has 0 aliphatic rings. The zero-order valence-corrected chi connectivity index (χ0v) is 12.6. The maximum atomic E-state index is 9.86. The summed E-state index contributed by atoms with van der Waals surface area (Å²) in [4.78, 5) is 1.79. The van der Waals surface area contributed by atoms with Gasteiger partial charge in [0, 0.05) is 19.6 Å². The lowest BCUT2D eigenvalue weighted by molar-refractivity contribution is 0.0552. The Morgan fingerprint density at radius 1 is 1.10 bits per heavy atom. The van der Waals surface area contributed by atoms with Crippen molar-refractivity contribution < 1.29 is 20.1 Å². The molecule has 0 bridgehead atoms. The van der Waals surface area contributed by atoms with E-state index in [1.54, 1.807) is 4.90 Å². The van der Waals surface area contributed by atoms with Crippen molar-refractivity contribution in [2.45, 2.75) is 13.0 Å². The largest absolute Gasteiger partial charge is 0.491 e. The summed E-state index contributed by atoms with van der Waals surface area (Å²) in [6.07, 6.45) is -0.653. The fourth-order valence-corrected chi connectivity index (χ4v) is 1.75. The third-order valence-corrected chi connectivity index (χ3v) is 2.76. The number of aliphatic hydroxyl groups is 3. The zero-order valence-electron chi connectivity index (χ0n) is 11.7. The van der Waals surface area contributed by atoms with Gasteiger partial charge < -0.3 is 20.1 Å². The zero-order chi connectivity index (χ0) is 14.1. The molecule has 116 valence electrons.